The lowest BCUT2D eigenvalue weighted by molar-refractivity contribution is -0.127. The molecule has 0 bridgehead atoms. The van der Waals surface area contributed by atoms with E-state index < -0.39 is 0 Å². The van der Waals surface area contributed by atoms with Crippen molar-refractivity contribution < 1.29 is 13.9 Å². The lowest BCUT2D eigenvalue weighted by Crippen LogP contribution is -2.36. The molecule has 7 heteroatoms. The lowest BCUT2D eigenvalue weighted by atomic mass is 10.0. The van der Waals surface area contributed by atoms with E-state index in [0.717, 1.165) is 36.1 Å². The first-order chi connectivity index (χ1) is 18.6. The number of para-hydroxylation sites is 1. The van der Waals surface area contributed by atoms with E-state index in [1.807, 2.05) is 60.8 Å². The molecule has 1 aromatic heterocycles. The van der Waals surface area contributed by atoms with Crippen LogP contribution in [0.1, 0.15) is 30.4 Å². The normalized spacial score (nSPS) is 13.7. The Bertz CT molecular complexity index is 1460. The van der Waals surface area contributed by atoms with Crippen LogP contribution in [0.25, 0.3) is 23.0 Å². The highest BCUT2D eigenvalue weighted by molar-refractivity contribution is 6.02. The fourth-order valence-corrected chi connectivity index (χ4v) is 4.45. The molecular weight excluding hydrogens is 479 g/mol. The number of carbonyl (C=O) groups is 1. The van der Waals surface area contributed by atoms with Crippen molar-refractivity contribution in [3.05, 3.63) is 108 Å². The van der Waals surface area contributed by atoms with Gasteiger partial charge >= 0.3 is 0 Å². The van der Waals surface area contributed by atoms with Gasteiger partial charge in [0.15, 0.2) is 0 Å². The second-order valence-corrected chi connectivity index (χ2v) is 9.18. The molecule has 0 unspecified atom stereocenters. The van der Waals surface area contributed by atoms with E-state index in [2.05, 4.69) is 6.07 Å². The van der Waals surface area contributed by atoms with E-state index in [0.29, 0.717) is 36.7 Å². The Kier molecular flexibility index (Phi) is 7.60. The number of carbonyl (C=O) groups excluding carboxylic acids is 1. The minimum atomic E-state index is -0.282. The van der Waals surface area contributed by atoms with Gasteiger partial charge in [-0.05, 0) is 79.4 Å². The molecule has 1 fully saturated rings. The zero-order valence-electron chi connectivity index (χ0n) is 20.9. The SMILES string of the molecule is N#C/C(=C/c1cn(-c2ccccc2)nc1-c1ccc(OCc2ccc(F)cc2)cc1)C(=O)N1CCCCC1. The zero-order valence-corrected chi connectivity index (χ0v) is 20.9. The first-order valence-corrected chi connectivity index (χ1v) is 12.6. The molecule has 0 N–H and O–H groups in total. The molecule has 5 rings (SSSR count). The number of hydrogen-bond donors (Lipinski definition) is 0. The summed E-state index contributed by atoms with van der Waals surface area (Å²) < 4.78 is 20.8. The van der Waals surface area contributed by atoms with E-state index in [4.69, 9.17) is 9.84 Å². The van der Waals surface area contributed by atoms with Crippen LogP contribution in [-0.2, 0) is 11.4 Å². The number of rotatable bonds is 7. The number of piperidine rings is 1. The van der Waals surface area contributed by atoms with Crippen molar-refractivity contribution in [2.45, 2.75) is 25.9 Å². The molecule has 1 aliphatic heterocycles. The molecule has 3 aromatic carbocycles. The summed E-state index contributed by atoms with van der Waals surface area (Å²) >= 11 is 0. The zero-order chi connectivity index (χ0) is 26.3. The summed E-state index contributed by atoms with van der Waals surface area (Å²) in [6.45, 7) is 1.67. The number of hydrogen-bond acceptors (Lipinski definition) is 4. The Labute approximate surface area is 221 Å². The van der Waals surface area contributed by atoms with Crippen molar-refractivity contribution in [1.29, 1.82) is 5.26 Å². The molecule has 6 nitrogen and oxygen atoms in total. The number of nitriles is 1. The maximum Gasteiger partial charge on any atom is 0.264 e. The van der Waals surface area contributed by atoms with Crippen molar-refractivity contribution in [2.24, 2.45) is 0 Å². The van der Waals surface area contributed by atoms with Crippen LogP contribution in [0.15, 0.2) is 90.6 Å². The molecule has 2 heterocycles. The Balaban J connectivity index is 1.44. The van der Waals surface area contributed by atoms with Crippen LogP contribution < -0.4 is 4.74 Å². The molecule has 1 saturated heterocycles. The summed E-state index contributed by atoms with van der Waals surface area (Å²) in [5, 5.41) is 14.7. The third-order valence-corrected chi connectivity index (χ3v) is 6.50. The van der Waals surface area contributed by atoms with Gasteiger partial charge in [-0.25, -0.2) is 9.07 Å². The molecule has 0 aliphatic carbocycles. The van der Waals surface area contributed by atoms with Crippen molar-refractivity contribution in [3.8, 4) is 28.8 Å². The van der Waals surface area contributed by atoms with Gasteiger partial charge in [-0.3, -0.25) is 4.79 Å². The van der Waals surface area contributed by atoms with Crippen LogP contribution in [0.4, 0.5) is 4.39 Å². The minimum Gasteiger partial charge on any atom is -0.489 e. The monoisotopic (exact) mass is 506 g/mol. The first kappa shape index (κ1) is 25.0. The third kappa shape index (κ3) is 5.81. The van der Waals surface area contributed by atoms with Gasteiger partial charge in [0.2, 0.25) is 0 Å². The van der Waals surface area contributed by atoms with Crippen molar-refractivity contribution in [2.75, 3.05) is 13.1 Å². The summed E-state index contributed by atoms with van der Waals surface area (Å²) in [6, 6.07) is 25.5. The third-order valence-electron chi connectivity index (χ3n) is 6.50. The molecule has 0 atom stereocenters. The van der Waals surface area contributed by atoms with Gasteiger partial charge in [0.1, 0.15) is 29.8 Å². The summed E-state index contributed by atoms with van der Waals surface area (Å²) in [5.41, 5.74) is 3.98. The average molecular weight is 507 g/mol. The van der Waals surface area contributed by atoms with Gasteiger partial charge < -0.3 is 9.64 Å². The Hall–Kier alpha value is -4.70. The summed E-state index contributed by atoms with van der Waals surface area (Å²) in [7, 11) is 0. The van der Waals surface area contributed by atoms with Gasteiger partial charge in [0, 0.05) is 30.4 Å². The van der Waals surface area contributed by atoms with E-state index >= 15 is 0 Å². The van der Waals surface area contributed by atoms with Gasteiger partial charge in [-0.2, -0.15) is 10.4 Å². The predicted molar refractivity (Wildman–Crippen MR) is 144 cm³/mol. The van der Waals surface area contributed by atoms with Gasteiger partial charge in [0.05, 0.1) is 11.4 Å². The molecule has 0 spiro atoms. The van der Waals surface area contributed by atoms with Crippen molar-refractivity contribution in [1.82, 2.24) is 14.7 Å². The number of ether oxygens (including phenoxy) is 1. The number of halogens is 1. The van der Waals surface area contributed by atoms with Crippen LogP contribution in [0.3, 0.4) is 0 Å². The average Bonchev–Trinajstić information content (AvgIpc) is 3.40. The van der Waals surface area contributed by atoms with Crippen LogP contribution in [0.2, 0.25) is 0 Å². The van der Waals surface area contributed by atoms with Gasteiger partial charge in [0.25, 0.3) is 5.91 Å². The number of benzene rings is 3. The van der Waals surface area contributed by atoms with Crippen molar-refractivity contribution >= 4 is 12.0 Å². The quantitative estimate of drug-likeness (QED) is 0.222. The maximum atomic E-state index is 13.1. The van der Waals surface area contributed by atoms with Crippen LogP contribution in [0, 0.1) is 17.1 Å². The number of aromatic nitrogens is 2. The molecule has 190 valence electrons. The fraction of sp³-hybridized carbons (Fsp3) is 0.194. The van der Waals surface area contributed by atoms with Crippen LogP contribution in [0.5, 0.6) is 5.75 Å². The largest absolute Gasteiger partial charge is 0.489 e. The van der Waals surface area contributed by atoms with Crippen LogP contribution in [-0.4, -0.2) is 33.7 Å². The summed E-state index contributed by atoms with van der Waals surface area (Å²) in [5.74, 6) is 0.140. The van der Waals surface area contributed by atoms with E-state index in [1.54, 1.807) is 27.8 Å². The molecule has 4 aromatic rings. The molecule has 0 radical (unpaired) electrons. The number of likely N-dealkylation sites (tertiary alicyclic amines) is 1. The molecule has 1 amide bonds. The van der Waals surface area contributed by atoms with Crippen molar-refractivity contribution in [3.63, 3.8) is 0 Å². The molecular formula is C31H27FN4O2. The molecule has 1 aliphatic rings. The Morgan fingerprint density at radius 1 is 0.974 bits per heavy atom. The smallest absolute Gasteiger partial charge is 0.264 e. The molecule has 38 heavy (non-hydrogen) atoms. The Morgan fingerprint density at radius 3 is 2.37 bits per heavy atom. The highest BCUT2D eigenvalue weighted by Gasteiger charge is 2.21. The van der Waals surface area contributed by atoms with Crippen LogP contribution >= 0.6 is 0 Å². The topological polar surface area (TPSA) is 71.1 Å². The second-order valence-electron chi connectivity index (χ2n) is 9.18. The maximum absolute atomic E-state index is 13.1. The summed E-state index contributed by atoms with van der Waals surface area (Å²) in [4.78, 5) is 14.8. The highest BCUT2D eigenvalue weighted by atomic mass is 19.1. The number of amides is 1. The van der Waals surface area contributed by atoms with E-state index in [-0.39, 0.29) is 17.3 Å². The minimum absolute atomic E-state index is 0.0972. The summed E-state index contributed by atoms with van der Waals surface area (Å²) in [6.07, 6.45) is 6.49. The number of nitrogens with zero attached hydrogens (tertiary/aromatic N) is 4. The first-order valence-electron chi connectivity index (χ1n) is 12.6. The standard InChI is InChI=1S/C31H27FN4O2/c32-27-13-9-23(10-14-27)22-38-29-15-11-24(12-16-29)30-26(21-36(34-30)28-7-3-1-4-8-28)19-25(20-33)31(37)35-17-5-2-6-18-35/h1,3-4,7-16,19,21H,2,5-6,17-18,22H2/b25-19-. The van der Waals surface area contributed by atoms with Gasteiger partial charge in [-0.1, -0.05) is 30.3 Å². The Morgan fingerprint density at radius 2 is 1.68 bits per heavy atom. The predicted octanol–water partition coefficient (Wildman–Crippen LogP) is 6.18. The molecule has 0 saturated carbocycles. The van der Waals surface area contributed by atoms with E-state index in [9.17, 15) is 14.4 Å². The fourth-order valence-electron chi connectivity index (χ4n) is 4.45. The van der Waals surface area contributed by atoms with Gasteiger partial charge in [-0.15, -0.1) is 0 Å². The van der Waals surface area contributed by atoms with E-state index in [1.165, 1.54) is 12.1 Å². The highest BCUT2D eigenvalue weighted by Crippen LogP contribution is 2.28. The lowest BCUT2D eigenvalue weighted by Gasteiger charge is -2.26. The second kappa shape index (κ2) is 11.6.